The summed E-state index contributed by atoms with van der Waals surface area (Å²) in [6.07, 6.45) is 0. The van der Waals surface area contributed by atoms with Gasteiger partial charge in [-0.1, -0.05) is 0 Å². The van der Waals surface area contributed by atoms with Gasteiger partial charge in [-0.15, -0.1) is 33.2 Å². The van der Waals surface area contributed by atoms with Crippen LogP contribution in [0.2, 0.25) is 0 Å². The van der Waals surface area contributed by atoms with E-state index >= 15 is 0 Å². The standard InChI is InChI=1S/C4H9Cl3O3Si/c1-8-4(9-2,10-3)11(5,6)7/h1-3H3. The van der Waals surface area contributed by atoms with E-state index in [-0.39, 0.29) is 0 Å². The van der Waals surface area contributed by atoms with E-state index in [0.717, 1.165) is 0 Å². The van der Waals surface area contributed by atoms with E-state index < -0.39 is 11.6 Å². The van der Waals surface area contributed by atoms with Crippen molar-refractivity contribution in [1.29, 1.82) is 0 Å². The predicted molar refractivity (Wildman–Crippen MR) is 47.1 cm³/mol. The molecule has 0 aromatic rings. The Morgan fingerprint density at radius 1 is 0.909 bits per heavy atom. The molecule has 0 bridgehead atoms. The van der Waals surface area contributed by atoms with E-state index in [4.69, 9.17) is 47.4 Å². The van der Waals surface area contributed by atoms with Gasteiger partial charge in [0.25, 0.3) is 0 Å². The fourth-order valence-corrected chi connectivity index (χ4v) is 3.37. The molecule has 0 rings (SSSR count). The van der Waals surface area contributed by atoms with Crippen molar-refractivity contribution >= 4 is 39.2 Å². The minimum absolute atomic E-state index is 1.35. The summed E-state index contributed by atoms with van der Waals surface area (Å²) in [6.45, 7) is 0. The molecule has 0 atom stereocenters. The lowest BCUT2D eigenvalue weighted by atomic mass is 11.1. The molecule has 0 aliphatic carbocycles. The lowest BCUT2D eigenvalue weighted by molar-refractivity contribution is -0.295. The molecule has 0 spiro atoms. The normalized spacial score (nSPS) is 13.6. The molecule has 0 radical (unpaired) electrons. The van der Waals surface area contributed by atoms with Gasteiger partial charge in [0.1, 0.15) is 0 Å². The molecule has 0 aromatic carbocycles. The predicted octanol–water partition coefficient (Wildman–Crippen LogP) is 1.77. The average molecular weight is 240 g/mol. The number of ether oxygens (including phenoxy) is 3. The highest BCUT2D eigenvalue weighted by atomic mass is 35.8. The topological polar surface area (TPSA) is 27.7 Å². The van der Waals surface area contributed by atoms with Crippen molar-refractivity contribution in [2.75, 3.05) is 21.3 Å². The molecule has 0 aromatic heterocycles. The van der Waals surface area contributed by atoms with Crippen LogP contribution >= 0.6 is 33.2 Å². The van der Waals surface area contributed by atoms with Crippen molar-refractivity contribution in [3.63, 3.8) is 0 Å². The number of halogens is 3. The van der Waals surface area contributed by atoms with E-state index in [1.54, 1.807) is 0 Å². The van der Waals surface area contributed by atoms with Crippen LogP contribution in [0.3, 0.4) is 0 Å². The Hall–Kier alpha value is 0.967. The molecule has 0 aliphatic rings. The first kappa shape index (κ1) is 12.0. The van der Waals surface area contributed by atoms with Crippen LogP contribution in [0.5, 0.6) is 0 Å². The Labute approximate surface area is 80.6 Å². The van der Waals surface area contributed by atoms with Crippen molar-refractivity contribution in [1.82, 2.24) is 0 Å². The van der Waals surface area contributed by atoms with Crippen LogP contribution in [-0.2, 0) is 14.2 Å². The quantitative estimate of drug-likeness (QED) is 0.425. The van der Waals surface area contributed by atoms with Crippen LogP contribution in [0.1, 0.15) is 0 Å². The van der Waals surface area contributed by atoms with Crippen molar-refractivity contribution in [2.45, 2.75) is 5.60 Å². The van der Waals surface area contributed by atoms with Crippen LogP contribution in [0.15, 0.2) is 0 Å². The molecule has 0 heterocycles. The molecule has 11 heavy (non-hydrogen) atoms. The van der Waals surface area contributed by atoms with E-state index in [1.165, 1.54) is 21.3 Å². The monoisotopic (exact) mass is 238 g/mol. The van der Waals surface area contributed by atoms with Gasteiger partial charge in [-0.05, 0) is 0 Å². The second-order valence-electron chi connectivity index (χ2n) is 1.67. The fraction of sp³-hybridized carbons (Fsp3) is 1.00. The first-order chi connectivity index (χ1) is 4.93. The molecule has 3 nitrogen and oxygen atoms in total. The first-order valence-corrected chi connectivity index (χ1v) is 7.69. The van der Waals surface area contributed by atoms with Crippen molar-refractivity contribution in [3.05, 3.63) is 0 Å². The third-order valence-electron chi connectivity index (χ3n) is 1.15. The summed E-state index contributed by atoms with van der Waals surface area (Å²) in [7, 11) is 4.05. The third kappa shape index (κ3) is 2.45. The Morgan fingerprint density at radius 3 is 1.18 bits per heavy atom. The zero-order chi connectivity index (χ0) is 9.12. The maximum Gasteiger partial charge on any atom is 0.440 e. The Morgan fingerprint density at radius 2 is 1.18 bits per heavy atom. The minimum Gasteiger partial charge on any atom is -0.331 e. The van der Waals surface area contributed by atoms with Crippen LogP contribution in [0, 0.1) is 0 Å². The molecule has 0 saturated heterocycles. The molecule has 0 amide bonds. The molecule has 68 valence electrons. The van der Waals surface area contributed by atoms with Gasteiger partial charge < -0.3 is 14.2 Å². The highest BCUT2D eigenvalue weighted by Gasteiger charge is 2.55. The molecule has 0 fully saturated rings. The van der Waals surface area contributed by atoms with E-state index in [9.17, 15) is 0 Å². The highest BCUT2D eigenvalue weighted by Crippen LogP contribution is 2.36. The molecule has 0 aliphatic heterocycles. The molecule has 0 saturated carbocycles. The van der Waals surface area contributed by atoms with E-state index in [0.29, 0.717) is 0 Å². The maximum absolute atomic E-state index is 5.65. The number of hydrogen-bond donors (Lipinski definition) is 0. The first-order valence-electron chi connectivity index (χ1n) is 2.65. The molecular weight excluding hydrogens is 230 g/mol. The number of hydrogen-bond acceptors (Lipinski definition) is 3. The second-order valence-corrected chi connectivity index (χ2v) is 10.1. The lowest BCUT2D eigenvalue weighted by Gasteiger charge is -2.32. The van der Waals surface area contributed by atoms with Crippen LogP contribution in [-0.4, -0.2) is 32.9 Å². The SMILES string of the molecule is COC(OC)(OC)[Si](Cl)(Cl)Cl. The summed E-state index contributed by atoms with van der Waals surface area (Å²) in [6, 6.07) is -3.19. The van der Waals surface area contributed by atoms with Gasteiger partial charge in [-0.3, -0.25) is 0 Å². The number of rotatable bonds is 4. The molecule has 0 unspecified atom stereocenters. The largest absolute Gasteiger partial charge is 0.440 e. The minimum atomic E-state index is -3.19. The Bertz CT molecular complexity index is 114. The summed E-state index contributed by atoms with van der Waals surface area (Å²) in [5, 5.41) is 0. The summed E-state index contributed by atoms with van der Waals surface area (Å²) >= 11 is 17.0. The highest BCUT2D eigenvalue weighted by molar-refractivity contribution is 7.65. The van der Waals surface area contributed by atoms with Crippen LogP contribution in [0.4, 0.5) is 0 Å². The van der Waals surface area contributed by atoms with Crippen LogP contribution < -0.4 is 0 Å². The lowest BCUT2D eigenvalue weighted by Crippen LogP contribution is -2.52. The number of methoxy groups -OCH3 is 3. The smallest absolute Gasteiger partial charge is 0.331 e. The molecular formula is C4H9Cl3O3Si. The third-order valence-corrected chi connectivity index (χ3v) is 4.54. The molecule has 0 N–H and O–H groups in total. The Balaban J connectivity index is 4.54. The summed E-state index contributed by atoms with van der Waals surface area (Å²) in [4.78, 5) is 0. The fourth-order valence-electron chi connectivity index (χ4n) is 0.597. The van der Waals surface area contributed by atoms with Gasteiger partial charge in [0, 0.05) is 21.3 Å². The van der Waals surface area contributed by atoms with Crippen LogP contribution in [0.25, 0.3) is 0 Å². The van der Waals surface area contributed by atoms with E-state index in [2.05, 4.69) is 0 Å². The van der Waals surface area contributed by atoms with E-state index in [1.807, 2.05) is 0 Å². The summed E-state index contributed by atoms with van der Waals surface area (Å²) in [5.41, 5.74) is -1.50. The second kappa shape index (κ2) is 4.27. The van der Waals surface area contributed by atoms with Gasteiger partial charge in [-0.2, -0.15) is 0 Å². The maximum atomic E-state index is 5.65. The summed E-state index contributed by atoms with van der Waals surface area (Å²) < 4.78 is 14.5. The van der Waals surface area contributed by atoms with Crippen molar-refractivity contribution < 1.29 is 14.2 Å². The van der Waals surface area contributed by atoms with Gasteiger partial charge in [-0.25, -0.2) is 0 Å². The molecule has 7 heteroatoms. The summed E-state index contributed by atoms with van der Waals surface area (Å²) in [5.74, 6) is 0. The van der Waals surface area contributed by atoms with Crippen molar-refractivity contribution in [2.24, 2.45) is 0 Å². The zero-order valence-corrected chi connectivity index (χ0v) is 9.63. The average Bonchev–Trinajstić information content (AvgIpc) is 1.90. The Kier molecular flexibility index (Phi) is 4.65. The van der Waals surface area contributed by atoms with Gasteiger partial charge in [0.2, 0.25) is 0 Å². The zero-order valence-electron chi connectivity index (χ0n) is 6.36. The van der Waals surface area contributed by atoms with Gasteiger partial charge >= 0.3 is 11.6 Å². The van der Waals surface area contributed by atoms with Crippen molar-refractivity contribution in [3.8, 4) is 0 Å². The van der Waals surface area contributed by atoms with Gasteiger partial charge in [0.05, 0.1) is 0 Å². The van der Waals surface area contributed by atoms with Gasteiger partial charge in [0.15, 0.2) is 0 Å².